The molecular formula is C10H9NO2. The molecule has 0 saturated heterocycles. The third-order valence-electron chi connectivity index (χ3n) is 2.18. The van der Waals surface area contributed by atoms with Gasteiger partial charge in [0, 0.05) is 10.9 Å². The van der Waals surface area contributed by atoms with Crippen molar-refractivity contribution in [3.8, 4) is 0 Å². The summed E-state index contributed by atoms with van der Waals surface area (Å²) < 4.78 is 0. The predicted octanol–water partition coefficient (Wildman–Crippen LogP) is 2.17. The van der Waals surface area contributed by atoms with Crippen molar-refractivity contribution in [3.63, 3.8) is 0 Å². The third-order valence-corrected chi connectivity index (χ3v) is 2.18. The van der Waals surface area contributed by atoms with Crippen molar-refractivity contribution in [2.24, 2.45) is 0 Å². The summed E-state index contributed by atoms with van der Waals surface area (Å²) in [5.41, 5.74) is 1.95. The second-order valence-electron chi connectivity index (χ2n) is 2.98. The second-order valence-corrected chi connectivity index (χ2v) is 2.98. The molecule has 13 heavy (non-hydrogen) atoms. The van der Waals surface area contributed by atoms with Crippen molar-refractivity contribution in [2.75, 3.05) is 0 Å². The van der Waals surface area contributed by atoms with Gasteiger partial charge in [0.25, 0.3) is 0 Å². The van der Waals surface area contributed by atoms with Crippen LogP contribution >= 0.6 is 0 Å². The van der Waals surface area contributed by atoms with Gasteiger partial charge < -0.3 is 10.1 Å². The molecule has 0 bridgehead atoms. The lowest BCUT2D eigenvalue weighted by atomic mass is 10.1. The topological polar surface area (TPSA) is 53.1 Å². The molecule has 0 saturated carbocycles. The molecule has 2 rings (SSSR count). The van der Waals surface area contributed by atoms with Crippen LogP contribution in [-0.2, 0) is 0 Å². The molecule has 3 heteroatoms. The van der Waals surface area contributed by atoms with Crippen molar-refractivity contribution in [1.29, 1.82) is 0 Å². The number of H-pyrrole nitrogens is 1. The van der Waals surface area contributed by atoms with E-state index in [-0.39, 0.29) is 5.69 Å². The van der Waals surface area contributed by atoms with Crippen LogP contribution in [0.2, 0.25) is 0 Å². The number of hydrogen-bond donors (Lipinski definition) is 2. The minimum Gasteiger partial charge on any atom is -0.477 e. The van der Waals surface area contributed by atoms with Gasteiger partial charge >= 0.3 is 5.97 Å². The number of nitrogens with one attached hydrogen (secondary N) is 1. The van der Waals surface area contributed by atoms with Crippen molar-refractivity contribution in [2.45, 2.75) is 6.92 Å². The van der Waals surface area contributed by atoms with Gasteiger partial charge in [-0.15, -0.1) is 0 Å². The summed E-state index contributed by atoms with van der Waals surface area (Å²) >= 11 is 0. The van der Waals surface area contributed by atoms with E-state index in [1.54, 1.807) is 0 Å². The van der Waals surface area contributed by atoms with E-state index in [9.17, 15) is 4.79 Å². The first kappa shape index (κ1) is 7.86. The van der Waals surface area contributed by atoms with Gasteiger partial charge in [0.1, 0.15) is 5.69 Å². The molecule has 0 aliphatic carbocycles. The van der Waals surface area contributed by atoms with Gasteiger partial charge in [0.05, 0.1) is 0 Å². The highest BCUT2D eigenvalue weighted by molar-refractivity contribution is 5.97. The van der Waals surface area contributed by atoms with Crippen LogP contribution in [0.5, 0.6) is 0 Å². The fraction of sp³-hybridized carbons (Fsp3) is 0.100. The molecule has 0 radical (unpaired) electrons. The van der Waals surface area contributed by atoms with Crippen molar-refractivity contribution >= 4 is 16.9 Å². The molecule has 0 aliphatic heterocycles. The largest absolute Gasteiger partial charge is 0.477 e. The zero-order chi connectivity index (χ0) is 9.42. The standard InChI is InChI=1S/C10H9NO2/c1-6-7-4-2-3-5-8(7)11-9(6)10(12)13/h2-5,11H,1H3,(H,12,13). The number of hydrogen-bond acceptors (Lipinski definition) is 1. The van der Waals surface area contributed by atoms with Crippen LogP contribution in [0.4, 0.5) is 0 Å². The zero-order valence-corrected chi connectivity index (χ0v) is 7.16. The lowest BCUT2D eigenvalue weighted by Crippen LogP contribution is -1.97. The molecular weight excluding hydrogens is 166 g/mol. The van der Waals surface area contributed by atoms with E-state index in [1.807, 2.05) is 31.2 Å². The first-order valence-corrected chi connectivity index (χ1v) is 4.01. The molecule has 1 heterocycles. The number of aryl methyl sites for hydroxylation is 1. The number of aromatic nitrogens is 1. The van der Waals surface area contributed by atoms with E-state index in [0.29, 0.717) is 0 Å². The fourth-order valence-electron chi connectivity index (χ4n) is 1.50. The Balaban J connectivity index is 2.81. The number of aromatic amines is 1. The van der Waals surface area contributed by atoms with Gasteiger partial charge in [-0.05, 0) is 18.6 Å². The second kappa shape index (κ2) is 2.62. The van der Waals surface area contributed by atoms with Gasteiger partial charge in [-0.1, -0.05) is 18.2 Å². The highest BCUT2D eigenvalue weighted by Gasteiger charge is 2.11. The van der Waals surface area contributed by atoms with Gasteiger partial charge in [0.2, 0.25) is 0 Å². The summed E-state index contributed by atoms with van der Waals surface area (Å²) in [6, 6.07) is 7.56. The summed E-state index contributed by atoms with van der Waals surface area (Å²) in [6.07, 6.45) is 0. The molecule has 0 unspecified atom stereocenters. The highest BCUT2D eigenvalue weighted by atomic mass is 16.4. The van der Waals surface area contributed by atoms with Gasteiger partial charge in [-0.2, -0.15) is 0 Å². The average Bonchev–Trinajstić information content (AvgIpc) is 2.45. The quantitative estimate of drug-likeness (QED) is 0.697. The monoisotopic (exact) mass is 175 g/mol. The minimum absolute atomic E-state index is 0.279. The molecule has 66 valence electrons. The number of carbonyl (C=O) groups is 1. The molecule has 2 N–H and O–H groups in total. The number of para-hydroxylation sites is 1. The Hall–Kier alpha value is -1.77. The fourth-order valence-corrected chi connectivity index (χ4v) is 1.50. The number of fused-ring (bicyclic) bond motifs is 1. The van der Waals surface area contributed by atoms with E-state index in [4.69, 9.17) is 5.11 Å². The maximum absolute atomic E-state index is 10.8. The van der Waals surface area contributed by atoms with Crippen molar-refractivity contribution in [1.82, 2.24) is 4.98 Å². The first-order chi connectivity index (χ1) is 6.20. The third kappa shape index (κ3) is 1.09. The maximum atomic E-state index is 10.8. The maximum Gasteiger partial charge on any atom is 0.352 e. The van der Waals surface area contributed by atoms with E-state index in [2.05, 4.69) is 4.98 Å². The van der Waals surface area contributed by atoms with Crippen LogP contribution < -0.4 is 0 Å². The van der Waals surface area contributed by atoms with E-state index < -0.39 is 5.97 Å². The Kier molecular flexibility index (Phi) is 1.59. The zero-order valence-electron chi connectivity index (χ0n) is 7.16. The Morgan fingerprint density at radius 2 is 2.08 bits per heavy atom. The number of aromatic carboxylic acids is 1. The van der Waals surface area contributed by atoms with E-state index >= 15 is 0 Å². The Morgan fingerprint density at radius 1 is 1.38 bits per heavy atom. The van der Waals surface area contributed by atoms with Crippen LogP contribution in [0, 0.1) is 6.92 Å². The summed E-state index contributed by atoms with van der Waals surface area (Å²) in [7, 11) is 0. The Morgan fingerprint density at radius 3 is 2.69 bits per heavy atom. The molecule has 1 aromatic heterocycles. The van der Waals surface area contributed by atoms with Crippen LogP contribution in [-0.4, -0.2) is 16.1 Å². The summed E-state index contributed by atoms with van der Waals surface area (Å²) in [4.78, 5) is 13.6. The van der Waals surface area contributed by atoms with E-state index in [0.717, 1.165) is 16.5 Å². The van der Waals surface area contributed by atoms with Crippen LogP contribution in [0.25, 0.3) is 10.9 Å². The van der Waals surface area contributed by atoms with Gasteiger partial charge in [-0.3, -0.25) is 0 Å². The summed E-state index contributed by atoms with van der Waals surface area (Å²) in [5, 5.41) is 9.81. The lowest BCUT2D eigenvalue weighted by molar-refractivity contribution is 0.0691. The molecule has 0 amide bonds. The minimum atomic E-state index is -0.909. The predicted molar refractivity (Wildman–Crippen MR) is 50.0 cm³/mol. The molecule has 0 aliphatic rings. The summed E-state index contributed by atoms with van der Waals surface area (Å²) in [5.74, 6) is -0.909. The van der Waals surface area contributed by atoms with Gasteiger partial charge in [0.15, 0.2) is 0 Å². The molecule has 2 aromatic rings. The Bertz CT molecular complexity index is 471. The van der Waals surface area contributed by atoms with E-state index in [1.165, 1.54) is 0 Å². The van der Waals surface area contributed by atoms with Gasteiger partial charge in [-0.25, -0.2) is 4.79 Å². The molecule has 1 aromatic carbocycles. The molecule has 3 nitrogen and oxygen atoms in total. The smallest absolute Gasteiger partial charge is 0.352 e. The number of benzene rings is 1. The summed E-state index contributed by atoms with van der Waals surface area (Å²) in [6.45, 7) is 1.81. The number of rotatable bonds is 1. The Labute approximate surface area is 75.0 Å². The van der Waals surface area contributed by atoms with Crippen LogP contribution in [0.1, 0.15) is 16.1 Å². The number of carboxylic acids is 1. The molecule has 0 atom stereocenters. The highest BCUT2D eigenvalue weighted by Crippen LogP contribution is 2.20. The lowest BCUT2D eigenvalue weighted by Gasteiger charge is -1.89. The normalized spacial score (nSPS) is 10.5. The number of carboxylic acid groups (broad SMARTS) is 1. The van der Waals surface area contributed by atoms with Crippen LogP contribution in [0.15, 0.2) is 24.3 Å². The SMILES string of the molecule is Cc1c(C(=O)O)[nH]c2ccccc12. The van der Waals surface area contributed by atoms with Crippen LogP contribution in [0.3, 0.4) is 0 Å². The van der Waals surface area contributed by atoms with Crippen molar-refractivity contribution in [3.05, 3.63) is 35.5 Å². The first-order valence-electron chi connectivity index (χ1n) is 4.01. The molecule has 0 spiro atoms. The van der Waals surface area contributed by atoms with Crippen molar-refractivity contribution < 1.29 is 9.90 Å². The molecule has 0 fully saturated rings. The average molecular weight is 175 g/mol.